The summed E-state index contributed by atoms with van der Waals surface area (Å²) in [7, 11) is 0. The molecule has 3 aromatic carbocycles. The molecule has 0 spiro atoms. The molecule has 3 nitrogen and oxygen atoms in total. The predicted octanol–water partition coefficient (Wildman–Crippen LogP) is 6.44. The zero-order valence-electron chi connectivity index (χ0n) is 15.1. The molecule has 1 heterocycles. The highest BCUT2D eigenvalue weighted by Gasteiger charge is 2.18. The van der Waals surface area contributed by atoms with E-state index in [1.807, 2.05) is 47.9 Å². The van der Waals surface area contributed by atoms with Gasteiger partial charge in [0.05, 0.1) is 5.56 Å². The number of aryl methyl sites for hydroxylation is 1. The van der Waals surface area contributed by atoms with Crippen molar-refractivity contribution in [1.29, 1.82) is 0 Å². The van der Waals surface area contributed by atoms with E-state index < -0.39 is 0 Å². The monoisotopic (exact) mass is 453 g/mol. The summed E-state index contributed by atoms with van der Waals surface area (Å²) in [6.45, 7) is 2.04. The topological polar surface area (TPSA) is 30.7 Å². The summed E-state index contributed by atoms with van der Waals surface area (Å²) < 4.78 is 17.4. The number of nitrogens with zero attached hydrogens (tertiary/aromatic N) is 3. The summed E-state index contributed by atoms with van der Waals surface area (Å²) in [5.41, 5.74) is 3.69. The van der Waals surface area contributed by atoms with Crippen molar-refractivity contribution in [2.45, 2.75) is 17.8 Å². The van der Waals surface area contributed by atoms with Gasteiger partial charge in [-0.2, -0.15) is 0 Å². The average Bonchev–Trinajstić information content (AvgIpc) is 3.12. The second-order valence-corrected chi connectivity index (χ2v) is 8.23. The van der Waals surface area contributed by atoms with Crippen LogP contribution >= 0.6 is 27.7 Å². The first-order chi connectivity index (χ1) is 13.6. The molecule has 0 fully saturated rings. The van der Waals surface area contributed by atoms with Crippen LogP contribution in [0, 0.1) is 12.7 Å². The van der Waals surface area contributed by atoms with Crippen LogP contribution in [0.25, 0.3) is 17.1 Å². The first-order valence-corrected chi connectivity index (χ1v) is 10.5. The summed E-state index contributed by atoms with van der Waals surface area (Å²) in [6.07, 6.45) is 0. The quantitative estimate of drug-likeness (QED) is 0.326. The van der Waals surface area contributed by atoms with Crippen molar-refractivity contribution in [2.75, 3.05) is 0 Å². The van der Waals surface area contributed by atoms with Gasteiger partial charge in [-0.05, 0) is 48.9 Å². The van der Waals surface area contributed by atoms with E-state index >= 15 is 0 Å². The fourth-order valence-electron chi connectivity index (χ4n) is 2.84. The van der Waals surface area contributed by atoms with Crippen molar-refractivity contribution in [3.8, 4) is 17.1 Å². The molecule has 0 saturated heterocycles. The molecule has 28 heavy (non-hydrogen) atoms. The molecule has 0 aliphatic rings. The Morgan fingerprint density at radius 1 is 0.929 bits per heavy atom. The Morgan fingerprint density at radius 3 is 2.36 bits per heavy atom. The van der Waals surface area contributed by atoms with E-state index in [-0.39, 0.29) is 5.82 Å². The summed E-state index contributed by atoms with van der Waals surface area (Å²) in [5.74, 6) is 0.933. The first kappa shape index (κ1) is 18.9. The normalized spacial score (nSPS) is 11.0. The van der Waals surface area contributed by atoms with Gasteiger partial charge >= 0.3 is 0 Å². The molecular weight excluding hydrogens is 437 g/mol. The highest BCUT2D eigenvalue weighted by Crippen LogP contribution is 2.31. The van der Waals surface area contributed by atoms with E-state index in [4.69, 9.17) is 0 Å². The smallest absolute Gasteiger partial charge is 0.196 e. The van der Waals surface area contributed by atoms with Gasteiger partial charge in [0, 0.05) is 15.9 Å². The molecule has 0 saturated carbocycles. The van der Waals surface area contributed by atoms with E-state index in [0.29, 0.717) is 11.4 Å². The summed E-state index contributed by atoms with van der Waals surface area (Å²) >= 11 is 5.03. The van der Waals surface area contributed by atoms with Crippen molar-refractivity contribution >= 4 is 27.7 Å². The van der Waals surface area contributed by atoms with E-state index in [9.17, 15) is 4.39 Å². The second-order valence-electron chi connectivity index (χ2n) is 6.37. The molecule has 0 bridgehead atoms. The molecule has 0 amide bonds. The number of hydrogen-bond donors (Lipinski definition) is 0. The SMILES string of the molecule is Cc1ccc(-n2c(SCc3ccc(Br)cc3)nnc2-c2ccccc2F)cc1. The van der Waals surface area contributed by atoms with Gasteiger partial charge in [-0.3, -0.25) is 4.57 Å². The van der Waals surface area contributed by atoms with Crippen LogP contribution < -0.4 is 0 Å². The van der Waals surface area contributed by atoms with Crippen LogP contribution in [0.5, 0.6) is 0 Å². The number of thioether (sulfide) groups is 1. The van der Waals surface area contributed by atoms with Gasteiger partial charge in [0.1, 0.15) is 5.82 Å². The fourth-order valence-corrected chi connectivity index (χ4v) is 4.01. The maximum Gasteiger partial charge on any atom is 0.196 e. The Balaban J connectivity index is 1.74. The number of hydrogen-bond acceptors (Lipinski definition) is 3. The zero-order chi connectivity index (χ0) is 19.5. The van der Waals surface area contributed by atoms with Crippen LogP contribution in [0.1, 0.15) is 11.1 Å². The molecule has 140 valence electrons. The summed E-state index contributed by atoms with van der Waals surface area (Å²) in [4.78, 5) is 0. The molecule has 0 unspecified atom stereocenters. The van der Waals surface area contributed by atoms with Gasteiger partial charge in [-0.25, -0.2) is 4.39 Å². The molecule has 4 rings (SSSR count). The van der Waals surface area contributed by atoms with Crippen LogP contribution in [0.2, 0.25) is 0 Å². The van der Waals surface area contributed by atoms with Gasteiger partial charge in [0.2, 0.25) is 0 Å². The predicted molar refractivity (Wildman–Crippen MR) is 115 cm³/mol. The van der Waals surface area contributed by atoms with Crippen LogP contribution in [0.4, 0.5) is 4.39 Å². The third-order valence-electron chi connectivity index (χ3n) is 4.32. The van der Waals surface area contributed by atoms with Crippen LogP contribution in [-0.2, 0) is 5.75 Å². The Labute approximate surface area is 175 Å². The van der Waals surface area contributed by atoms with Crippen LogP contribution in [-0.4, -0.2) is 14.8 Å². The molecule has 1 aromatic heterocycles. The first-order valence-electron chi connectivity index (χ1n) is 8.76. The fraction of sp³-hybridized carbons (Fsp3) is 0.0909. The largest absolute Gasteiger partial charge is 0.270 e. The van der Waals surface area contributed by atoms with Gasteiger partial charge in [0.15, 0.2) is 11.0 Å². The van der Waals surface area contributed by atoms with Crippen molar-refractivity contribution in [1.82, 2.24) is 14.8 Å². The van der Waals surface area contributed by atoms with E-state index in [2.05, 4.69) is 38.3 Å². The molecule has 0 aliphatic heterocycles. The Kier molecular flexibility index (Phi) is 5.59. The number of benzene rings is 3. The van der Waals surface area contributed by atoms with Crippen molar-refractivity contribution in [3.05, 3.63) is 94.2 Å². The standard InChI is InChI=1S/C22H17BrFN3S/c1-15-6-12-18(13-7-15)27-21(19-4-2-3-5-20(19)24)25-26-22(27)28-14-16-8-10-17(23)11-9-16/h2-13H,14H2,1H3. The van der Waals surface area contributed by atoms with Gasteiger partial charge < -0.3 is 0 Å². The lowest BCUT2D eigenvalue weighted by molar-refractivity contribution is 0.629. The zero-order valence-corrected chi connectivity index (χ0v) is 17.5. The van der Waals surface area contributed by atoms with E-state index in [0.717, 1.165) is 26.6 Å². The number of halogens is 2. The molecule has 6 heteroatoms. The Bertz CT molecular complexity index is 1090. The van der Waals surface area contributed by atoms with E-state index in [1.165, 1.54) is 11.6 Å². The third kappa shape index (κ3) is 4.03. The molecule has 0 atom stereocenters. The lowest BCUT2D eigenvalue weighted by atomic mass is 10.2. The van der Waals surface area contributed by atoms with Crippen LogP contribution in [0.15, 0.2) is 82.4 Å². The molecule has 4 aromatic rings. The van der Waals surface area contributed by atoms with Gasteiger partial charge in [-0.1, -0.05) is 69.7 Å². The Morgan fingerprint density at radius 2 is 1.64 bits per heavy atom. The van der Waals surface area contributed by atoms with E-state index in [1.54, 1.807) is 30.0 Å². The minimum atomic E-state index is -0.312. The van der Waals surface area contributed by atoms with Gasteiger partial charge in [0.25, 0.3) is 0 Å². The van der Waals surface area contributed by atoms with Crippen LogP contribution in [0.3, 0.4) is 0 Å². The van der Waals surface area contributed by atoms with Crippen molar-refractivity contribution in [2.24, 2.45) is 0 Å². The highest BCUT2D eigenvalue weighted by atomic mass is 79.9. The summed E-state index contributed by atoms with van der Waals surface area (Å²) in [6, 6.07) is 22.9. The Hall–Kier alpha value is -2.44. The molecule has 0 radical (unpaired) electrons. The highest BCUT2D eigenvalue weighted by molar-refractivity contribution is 9.10. The number of aromatic nitrogens is 3. The minimum Gasteiger partial charge on any atom is -0.270 e. The third-order valence-corrected chi connectivity index (χ3v) is 5.85. The van der Waals surface area contributed by atoms with Crippen molar-refractivity contribution < 1.29 is 4.39 Å². The number of rotatable bonds is 5. The maximum absolute atomic E-state index is 14.4. The lowest BCUT2D eigenvalue weighted by Crippen LogP contribution is -2.01. The lowest BCUT2D eigenvalue weighted by Gasteiger charge is -2.11. The molecule has 0 N–H and O–H groups in total. The summed E-state index contributed by atoms with van der Waals surface area (Å²) in [5, 5.41) is 9.41. The molecular formula is C22H17BrFN3S. The molecule has 0 aliphatic carbocycles. The minimum absolute atomic E-state index is 0.312. The van der Waals surface area contributed by atoms with Crippen molar-refractivity contribution in [3.63, 3.8) is 0 Å². The second kappa shape index (κ2) is 8.29. The maximum atomic E-state index is 14.4. The van der Waals surface area contributed by atoms with Gasteiger partial charge in [-0.15, -0.1) is 10.2 Å². The average molecular weight is 454 g/mol.